The molecule has 3 rings (SSSR count). The Labute approximate surface area is 136 Å². The van der Waals surface area contributed by atoms with Crippen LogP contribution in [0.5, 0.6) is 0 Å². The van der Waals surface area contributed by atoms with Crippen molar-refractivity contribution in [2.75, 3.05) is 6.54 Å². The Kier molecular flexibility index (Phi) is 4.41. The van der Waals surface area contributed by atoms with E-state index < -0.39 is 0 Å². The molecule has 1 fully saturated rings. The molecule has 2 unspecified atom stereocenters. The second kappa shape index (κ2) is 6.13. The van der Waals surface area contributed by atoms with E-state index in [1.165, 1.54) is 11.3 Å². The molecule has 0 saturated heterocycles. The number of amides is 1. The van der Waals surface area contributed by atoms with E-state index in [9.17, 15) is 9.90 Å². The van der Waals surface area contributed by atoms with Gasteiger partial charge in [-0.3, -0.25) is 4.79 Å². The van der Waals surface area contributed by atoms with Crippen molar-refractivity contribution in [2.24, 2.45) is 5.92 Å². The topological polar surface area (TPSA) is 49.3 Å². The maximum absolute atomic E-state index is 12.3. The highest BCUT2D eigenvalue weighted by molar-refractivity contribution is 7.21. The van der Waals surface area contributed by atoms with Crippen LogP contribution in [0.3, 0.4) is 0 Å². The Morgan fingerprint density at radius 2 is 2.19 bits per heavy atom. The number of aliphatic hydroxyl groups is 1. The third-order valence-corrected chi connectivity index (χ3v) is 5.83. The molecule has 1 aliphatic rings. The van der Waals surface area contributed by atoms with Crippen molar-refractivity contribution < 1.29 is 9.90 Å². The number of rotatable bonds is 3. The fourth-order valence-electron chi connectivity index (χ4n) is 2.74. The minimum atomic E-state index is -0.304. The van der Waals surface area contributed by atoms with E-state index in [-0.39, 0.29) is 17.9 Å². The number of hydrogen-bond donors (Lipinski definition) is 2. The van der Waals surface area contributed by atoms with Gasteiger partial charge in [-0.25, -0.2) is 0 Å². The summed E-state index contributed by atoms with van der Waals surface area (Å²) in [6.07, 6.45) is 2.49. The second-order valence-corrected chi connectivity index (χ2v) is 7.22. The minimum Gasteiger partial charge on any atom is -0.393 e. The first-order valence-corrected chi connectivity index (χ1v) is 8.47. The molecule has 0 spiro atoms. The molecule has 21 heavy (non-hydrogen) atoms. The summed E-state index contributed by atoms with van der Waals surface area (Å²) in [6, 6.07) is 5.40. The van der Waals surface area contributed by atoms with E-state index in [2.05, 4.69) is 5.32 Å². The third-order valence-electron chi connectivity index (χ3n) is 3.94. The first-order chi connectivity index (χ1) is 10.1. The third kappa shape index (κ3) is 3.04. The summed E-state index contributed by atoms with van der Waals surface area (Å²) < 4.78 is 0.901. The Morgan fingerprint density at radius 1 is 1.38 bits per heavy atom. The second-order valence-electron chi connectivity index (χ2n) is 5.35. The highest BCUT2D eigenvalue weighted by atomic mass is 35.5. The average Bonchev–Trinajstić information content (AvgIpc) is 3.00. The summed E-state index contributed by atoms with van der Waals surface area (Å²) in [5, 5.41) is 14.6. The quantitative estimate of drug-likeness (QED) is 0.881. The van der Waals surface area contributed by atoms with E-state index in [0.717, 1.165) is 29.3 Å². The van der Waals surface area contributed by atoms with Crippen LogP contribution in [0.15, 0.2) is 18.2 Å². The van der Waals surface area contributed by atoms with Crippen LogP contribution in [0.25, 0.3) is 10.1 Å². The summed E-state index contributed by atoms with van der Waals surface area (Å²) in [5.74, 6) is -0.0343. The molecule has 2 N–H and O–H groups in total. The van der Waals surface area contributed by atoms with Crippen LogP contribution in [0, 0.1) is 5.92 Å². The first kappa shape index (κ1) is 15.1. The van der Waals surface area contributed by atoms with Gasteiger partial charge in [0, 0.05) is 27.6 Å². The van der Waals surface area contributed by atoms with E-state index in [4.69, 9.17) is 23.2 Å². The zero-order chi connectivity index (χ0) is 15.0. The van der Waals surface area contributed by atoms with E-state index in [0.29, 0.717) is 21.5 Å². The summed E-state index contributed by atoms with van der Waals surface area (Å²) in [5.41, 5.74) is 0. The lowest BCUT2D eigenvalue weighted by atomic mass is 10.1. The molecular weight excluding hydrogens is 329 g/mol. The Balaban J connectivity index is 1.76. The highest BCUT2D eigenvalue weighted by Crippen LogP contribution is 2.36. The lowest BCUT2D eigenvalue weighted by Crippen LogP contribution is -2.32. The van der Waals surface area contributed by atoms with Crippen molar-refractivity contribution in [3.63, 3.8) is 0 Å². The number of hydrogen-bond acceptors (Lipinski definition) is 3. The monoisotopic (exact) mass is 343 g/mol. The van der Waals surface area contributed by atoms with Gasteiger partial charge in [0.1, 0.15) is 4.88 Å². The largest absolute Gasteiger partial charge is 0.393 e. The predicted molar refractivity (Wildman–Crippen MR) is 87.5 cm³/mol. The number of thiophene rings is 1. The number of halogens is 2. The molecular formula is C15H15Cl2NO2S. The van der Waals surface area contributed by atoms with Crippen LogP contribution < -0.4 is 5.32 Å². The smallest absolute Gasteiger partial charge is 0.262 e. The fraction of sp³-hybridized carbons (Fsp3) is 0.400. The number of carbonyl (C=O) groups is 1. The average molecular weight is 344 g/mol. The van der Waals surface area contributed by atoms with Crippen LogP contribution in [-0.2, 0) is 0 Å². The van der Waals surface area contributed by atoms with Gasteiger partial charge in [-0.15, -0.1) is 11.3 Å². The molecule has 2 aromatic rings. The van der Waals surface area contributed by atoms with Crippen molar-refractivity contribution in [3.8, 4) is 0 Å². The number of nitrogens with one attached hydrogen (secondary N) is 1. The van der Waals surface area contributed by atoms with Gasteiger partial charge in [0.15, 0.2) is 0 Å². The van der Waals surface area contributed by atoms with Crippen LogP contribution in [0.2, 0.25) is 10.0 Å². The molecule has 1 amide bonds. The Morgan fingerprint density at radius 3 is 2.90 bits per heavy atom. The van der Waals surface area contributed by atoms with Crippen LogP contribution in [0.4, 0.5) is 0 Å². The number of benzene rings is 1. The fourth-order valence-corrected chi connectivity index (χ4v) is 4.45. The molecule has 112 valence electrons. The Bertz CT molecular complexity index is 686. The molecule has 1 heterocycles. The van der Waals surface area contributed by atoms with Crippen molar-refractivity contribution >= 4 is 50.5 Å². The molecule has 6 heteroatoms. The number of aliphatic hydroxyl groups excluding tert-OH is 1. The normalized spacial score (nSPS) is 21.9. The van der Waals surface area contributed by atoms with E-state index >= 15 is 0 Å². The van der Waals surface area contributed by atoms with Crippen molar-refractivity contribution in [1.82, 2.24) is 5.32 Å². The molecule has 3 nitrogen and oxygen atoms in total. The molecule has 0 bridgehead atoms. The lowest BCUT2D eigenvalue weighted by molar-refractivity contribution is 0.0921. The van der Waals surface area contributed by atoms with Gasteiger partial charge in [-0.05, 0) is 25.0 Å². The summed E-state index contributed by atoms with van der Waals surface area (Å²) in [7, 11) is 0. The standard InChI is InChI=1S/C15H15Cl2NO2S/c16-9-4-5-10-12(6-9)21-14(13(10)17)15(20)18-7-8-2-1-3-11(8)19/h4-6,8,11,19H,1-3,7H2,(H,18,20). The molecule has 1 saturated carbocycles. The van der Waals surface area contributed by atoms with Gasteiger partial charge in [-0.1, -0.05) is 35.7 Å². The summed E-state index contributed by atoms with van der Waals surface area (Å²) in [6.45, 7) is 0.491. The SMILES string of the molecule is O=C(NCC1CCCC1O)c1sc2cc(Cl)ccc2c1Cl. The zero-order valence-corrected chi connectivity index (χ0v) is 13.6. The molecule has 0 aliphatic heterocycles. The van der Waals surface area contributed by atoms with Gasteiger partial charge in [0.05, 0.1) is 11.1 Å². The molecule has 1 aliphatic carbocycles. The maximum atomic E-state index is 12.3. The van der Waals surface area contributed by atoms with Crippen molar-refractivity contribution in [3.05, 3.63) is 33.1 Å². The highest BCUT2D eigenvalue weighted by Gasteiger charge is 2.26. The van der Waals surface area contributed by atoms with Crippen LogP contribution in [0.1, 0.15) is 28.9 Å². The van der Waals surface area contributed by atoms with Gasteiger partial charge in [-0.2, -0.15) is 0 Å². The molecule has 0 radical (unpaired) electrons. The van der Waals surface area contributed by atoms with Crippen molar-refractivity contribution in [2.45, 2.75) is 25.4 Å². The molecule has 1 aromatic carbocycles. The van der Waals surface area contributed by atoms with Gasteiger partial charge in [0.25, 0.3) is 5.91 Å². The first-order valence-electron chi connectivity index (χ1n) is 6.90. The van der Waals surface area contributed by atoms with Gasteiger partial charge in [0.2, 0.25) is 0 Å². The zero-order valence-electron chi connectivity index (χ0n) is 11.2. The van der Waals surface area contributed by atoms with Crippen LogP contribution >= 0.6 is 34.5 Å². The number of fused-ring (bicyclic) bond motifs is 1. The van der Waals surface area contributed by atoms with Crippen LogP contribution in [-0.4, -0.2) is 23.7 Å². The van der Waals surface area contributed by atoms with Gasteiger partial charge < -0.3 is 10.4 Å². The van der Waals surface area contributed by atoms with Gasteiger partial charge >= 0.3 is 0 Å². The predicted octanol–water partition coefficient (Wildman–Crippen LogP) is 4.10. The maximum Gasteiger partial charge on any atom is 0.262 e. The van der Waals surface area contributed by atoms with E-state index in [1.54, 1.807) is 6.07 Å². The molecule has 2 atom stereocenters. The van der Waals surface area contributed by atoms with Crippen molar-refractivity contribution in [1.29, 1.82) is 0 Å². The summed E-state index contributed by atoms with van der Waals surface area (Å²) >= 11 is 13.6. The minimum absolute atomic E-state index is 0.150. The van der Waals surface area contributed by atoms with E-state index in [1.807, 2.05) is 12.1 Å². The molecule has 1 aromatic heterocycles. The lowest BCUT2D eigenvalue weighted by Gasteiger charge is -2.14. The summed E-state index contributed by atoms with van der Waals surface area (Å²) in [4.78, 5) is 12.8. The Hall–Kier alpha value is -0.810. The number of carbonyl (C=O) groups excluding carboxylic acids is 1.